The number of ether oxygens (including phenoxy) is 2. The summed E-state index contributed by atoms with van der Waals surface area (Å²) >= 11 is 0. The second-order valence-electron chi connectivity index (χ2n) is 11.4. The van der Waals surface area contributed by atoms with E-state index < -0.39 is 17.3 Å². The molecule has 5 heterocycles. The summed E-state index contributed by atoms with van der Waals surface area (Å²) in [4.78, 5) is 23.5. The van der Waals surface area contributed by atoms with Gasteiger partial charge in [0.15, 0.2) is 17.5 Å². The van der Waals surface area contributed by atoms with Crippen LogP contribution in [0, 0.1) is 17.6 Å². The average molecular weight is 558 g/mol. The minimum absolute atomic E-state index is 0.00177. The zero-order valence-electron chi connectivity index (χ0n) is 22.7. The lowest BCUT2D eigenvalue weighted by molar-refractivity contribution is -0.0508. The quantitative estimate of drug-likeness (QED) is 0.427. The van der Waals surface area contributed by atoms with E-state index in [9.17, 15) is 9.18 Å². The first-order chi connectivity index (χ1) is 19.2. The Kier molecular flexibility index (Phi) is 6.90. The van der Waals surface area contributed by atoms with Crippen molar-refractivity contribution in [1.29, 1.82) is 0 Å². The molecule has 3 aliphatic heterocycles. The number of piperidine rings is 1. The number of halogens is 2. The number of anilines is 3. The number of fused-ring (bicyclic) bond motifs is 1. The van der Waals surface area contributed by atoms with Crippen LogP contribution in [0.5, 0.6) is 5.75 Å². The number of rotatable bonds is 8. The number of hydrogen-bond donors (Lipinski definition) is 2. The van der Waals surface area contributed by atoms with Gasteiger partial charge < -0.3 is 20.1 Å². The second-order valence-corrected chi connectivity index (χ2v) is 11.4. The molecule has 1 aromatic carbocycles. The fourth-order valence-corrected chi connectivity index (χ4v) is 5.94. The molecule has 2 atom stereocenters. The van der Waals surface area contributed by atoms with Gasteiger partial charge in [0.25, 0.3) is 0 Å². The van der Waals surface area contributed by atoms with Crippen molar-refractivity contribution < 1.29 is 18.3 Å². The molecule has 3 aromatic rings. The maximum absolute atomic E-state index is 15.3. The Bertz CT molecular complexity index is 1460. The van der Waals surface area contributed by atoms with Crippen LogP contribution in [0.3, 0.4) is 0 Å². The van der Waals surface area contributed by atoms with Crippen molar-refractivity contribution in [3.63, 3.8) is 0 Å². The molecule has 2 aromatic heterocycles. The van der Waals surface area contributed by atoms with Crippen LogP contribution in [-0.2, 0) is 11.8 Å². The molecule has 0 bridgehead atoms. The van der Waals surface area contributed by atoms with Crippen LogP contribution in [0.2, 0.25) is 0 Å². The lowest BCUT2D eigenvalue weighted by Crippen LogP contribution is -2.55. The van der Waals surface area contributed by atoms with Gasteiger partial charge in [0.05, 0.1) is 31.7 Å². The van der Waals surface area contributed by atoms with Crippen molar-refractivity contribution in [2.45, 2.75) is 57.2 Å². The van der Waals surface area contributed by atoms with Crippen LogP contribution in [-0.4, -0.2) is 78.6 Å². The molecule has 0 saturated carbocycles. The largest absolute Gasteiger partial charge is 0.491 e. The van der Waals surface area contributed by atoms with Gasteiger partial charge in [0, 0.05) is 36.7 Å². The van der Waals surface area contributed by atoms with Crippen molar-refractivity contribution in [1.82, 2.24) is 34.7 Å². The van der Waals surface area contributed by atoms with E-state index in [4.69, 9.17) is 9.47 Å². The number of hydrogen-bond acceptors (Lipinski definition) is 10. The molecule has 0 amide bonds. The lowest BCUT2D eigenvalue weighted by atomic mass is 9.84. The van der Waals surface area contributed by atoms with E-state index in [1.807, 2.05) is 0 Å². The average Bonchev–Trinajstić information content (AvgIpc) is 3.49. The van der Waals surface area contributed by atoms with Gasteiger partial charge in [0.2, 0.25) is 5.95 Å². The maximum Gasteiger partial charge on any atom is 0.368 e. The van der Waals surface area contributed by atoms with E-state index in [-0.39, 0.29) is 46.4 Å². The zero-order chi connectivity index (χ0) is 28.0. The van der Waals surface area contributed by atoms with E-state index in [0.29, 0.717) is 25.9 Å². The Labute approximate surface area is 229 Å². The Balaban J connectivity index is 1.25. The van der Waals surface area contributed by atoms with Crippen molar-refractivity contribution in [2.24, 2.45) is 13.0 Å². The molecular formula is C26H33F2N9O3. The zero-order valence-corrected chi connectivity index (χ0v) is 22.7. The van der Waals surface area contributed by atoms with Crippen LogP contribution in [0.4, 0.5) is 26.2 Å². The monoisotopic (exact) mass is 557 g/mol. The van der Waals surface area contributed by atoms with Crippen LogP contribution in [0.25, 0.3) is 5.69 Å². The molecule has 6 rings (SSSR count). The Morgan fingerprint density at radius 2 is 2.02 bits per heavy atom. The highest BCUT2D eigenvalue weighted by molar-refractivity contribution is 5.63. The molecule has 0 radical (unpaired) electrons. The summed E-state index contributed by atoms with van der Waals surface area (Å²) < 4.78 is 43.1. The highest BCUT2D eigenvalue weighted by Crippen LogP contribution is 2.39. The Hall–Kier alpha value is -3.65. The third-order valence-electron chi connectivity index (χ3n) is 7.97. The molecule has 3 saturated heterocycles. The molecule has 2 N–H and O–H groups in total. The van der Waals surface area contributed by atoms with Crippen LogP contribution >= 0.6 is 0 Å². The number of nitrogens with zero attached hydrogens (tertiary/aromatic N) is 7. The topological polar surface area (TPSA) is 124 Å². The minimum atomic E-state index is -0.668. The highest BCUT2D eigenvalue weighted by Gasteiger charge is 2.43. The summed E-state index contributed by atoms with van der Waals surface area (Å²) in [5.41, 5.74) is -0.386. The van der Waals surface area contributed by atoms with Crippen molar-refractivity contribution in [2.75, 3.05) is 37.0 Å². The molecule has 3 fully saturated rings. The third-order valence-corrected chi connectivity index (χ3v) is 7.97. The fourth-order valence-electron chi connectivity index (χ4n) is 5.94. The molecule has 0 spiro atoms. The summed E-state index contributed by atoms with van der Waals surface area (Å²) in [6.07, 6.45) is 5.09. The fraction of sp³-hybridized carbons (Fsp3) is 0.577. The predicted molar refractivity (Wildman–Crippen MR) is 142 cm³/mol. The van der Waals surface area contributed by atoms with Gasteiger partial charge in [0.1, 0.15) is 11.4 Å². The van der Waals surface area contributed by atoms with Gasteiger partial charge in [-0.25, -0.2) is 18.6 Å². The summed E-state index contributed by atoms with van der Waals surface area (Å²) in [5, 5.41) is 13.7. The lowest BCUT2D eigenvalue weighted by Gasteiger charge is -2.47. The molecular weight excluding hydrogens is 524 g/mol. The third kappa shape index (κ3) is 5.12. The first-order valence-electron chi connectivity index (χ1n) is 13.5. The first kappa shape index (κ1) is 26.6. The van der Waals surface area contributed by atoms with E-state index in [2.05, 4.69) is 49.8 Å². The number of nitrogens with one attached hydrogen (secondary N) is 2. The smallest absolute Gasteiger partial charge is 0.368 e. The molecule has 0 aliphatic carbocycles. The minimum Gasteiger partial charge on any atom is -0.491 e. The summed E-state index contributed by atoms with van der Waals surface area (Å²) in [6.45, 7) is 6.93. The normalized spacial score (nSPS) is 22.5. The first-order valence-corrected chi connectivity index (χ1v) is 13.5. The van der Waals surface area contributed by atoms with E-state index in [1.54, 1.807) is 0 Å². The standard InChI is InChI=1S/C26H33F2N9O3/c1-26(2)10-16(7-17-5-4-6-36(17)26)30-23-19(28)11-29-24(32-23)31-20-9-21(37-25(38)35(3)33-34-37)22(8-18(20)27)40-14-15-12-39-13-15/h8-9,11,15-17H,4-7,10,12-14H2,1-3H3,(H2,29,30,31,32). The maximum atomic E-state index is 15.3. The number of aromatic nitrogens is 6. The van der Waals surface area contributed by atoms with Crippen molar-refractivity contribution >= 4 is 17.5 Å². The van der Waals surface area contributed by atoms with Gasteiger partial charge in [-0.05, 0) is 62.6 Å². The summed E-state index contributed by atoms with van der Waals surface area (Å²) in [6, 6.07) is 3.03. The number of benzene rings is 1. The summed E-state index contributed by atoms with van der Waals surface area (Å²) in [5.74, 6) is -0.902. The molecule has 40 heavy (non-hydrogen) atoms. The van der Waals surface area contributed by atoms with Gasteiger partial charge in [-0.15, -0.1) is 0 Å². The molecule has 214 valence electrons. The van der Waals surface area contributed by atoms with Crippen LogP contribution < -0.4 is 21.1 Å². The van der Waals surface area contributed by atoms with Crippen molar-refractivity contribution in [3.05, 3.63) is 40.4 Å². The van der Waals surface area contributed by atoms with E-state index in [1.165, 1.54) is 25.6 Å². The van der Waals surface area contributed by atoms with Crippen LogP contribution in [0.15, 0.2) is 23.1 Å². The molecule has 2 unspecified atom stereocenters. The predicted octanol–water partition coefficient (Wildman–Crippen LogP) is 2.62. The highest BCUT2D eigenvalue weighted by atomic mass is 19.1. The van der Waals surface area contributed by atoms with Crippen molar-refractivity contribution in [3.8, 4) is 11.4 Å². The summed E-state index contributed by atoms with van der Waals surface area (Å²) in [7, 11) is 1.46. The van der Waals surface area contributed by atoms with Gasteiger partial charge in [-0.1, -0.05) is 0 Å². The second kappa shape index (κ2) is 10.4. The Morgan fingerprint density at radius 3 is 2.75 bits per heavy atom. The molecule has 3 aliphatic rings. The number of aryl methyl sites for hydroxylation is 1. The molecule has 14 heteroatoms. The van der Waals surface area contributed by atoms with E-state index >= 15 is 4.39 Å². The van der Waals surface area contributed by atoms with Gasteiger partial charge >= 0.3 is 5.69 Å². The van der Waals surface area contributed by atoms with Crippen LogP contribution in [0.1, 0.15) is 39.5 Å². The van der Waals surface area contributed by atoms with E-state index in [0.717, 1.165) is 41.4 Å². The number of tetrazole rings is 1. The Morgan fingerprint density at radius 1 is 1.20 bits per heavy atom. The van der Waals surface area contributed by atoms with Gasteiger partial charge in [-0.2, -0.15) is 14.3 Å². The molecule has 12 nitrogen and oxygen atoms in total. The van der Waals surface area contributed by atoms with Gasteiger partial charge in [-0.3, -0.25) is 4.90 Å². The SMILES string of the molecule is Cn1nnn(-c2cc(Nc3ncc(F)c(NC4CC5CCCN5C(C)(C)C4)n3)c(F)cc2OCC2COC2)c1=O.